The molecule has 0 aliphatic carbocycles. The lowest BCUT2D eigenvalue weighted by molar-refractivity contribution is -0.141. The van der Waals surface area contributed by atoms with Gasteiger partial charge in [-0.2, -0.15) is 0 Å². The normalized spacial score (nSPS) is 12.1. The summed E-state index contributed by atoms with van der Waals surface area (Å²) in [5.74, 6) is -1.23. The maximum atomic E-state index is 11.3. The molecule has 0 aliphatic heterocycles. The second-order valence-electron chi connectivity index (χ2n) is 3.42. The molecule has 88 valence electrons. The summed E-state index contributed by atoms with van der Waals surface area (Å²) in [6.45, 7) is 4.83. The van der Waals surface area contributed by atoms with Crippen molar-refractivity contribution in [1.82, 2.24) is 10.6 Å². The molecule has 0 aromatic heterocycles. The Morgan fingerprint density at radius 3 is 2.40 bits per heavy atom. The molecule has 0 aliphatic rings. The molecule has 0 heterocycles. The molecule has 5 nitrogen and oxygen atoms in total. The van der Waals surface area contributed by atoms with Gasteiger partial charge >= 0.3 is 5.97 Å². The molecule has 0 aromatic rings. The zero-order chi connectivity index (χ0) is 11.7. The molecule has 15 heavy (non-hydrogen) atoms. The van der Waals surface area contributed by atoms with Gasteiger partial charge in [-0.25, -0.2) is 4.79 Å². The van der Waals surface area contributed by atoms with Crippen LogP contribution >= 0.6 is 0 Å². The minimum atomic E-state index is -0.972. The fourth-order valence-corrected chi connectivity index (χ4v) is 1.17. The van der Waals surface area contributed by atoms with Crippen LogP contribution in [0.25, 0.3) is 0 Å². The molecule has 0 unspecified atom stereocenters. The number of carboxylic acid groups (broad SMARTS) is 1. The van der Waals surface area contributed by atoms with E-state index in [0.29, 0.717) is 6.42 Å². The van der Waals surface area contributed by atoms with Crippen molar-refractivity contribution in [3.05, 3.63) is 0 Å². The van der Waals surface area contributed by atoms with E-state index in [1.165, 1.54) is 0 Å². The van der Waals surface area contributed by atoms with E-state index in [9.17, 15) is 9.59 Å². The number of carbonyl (C=O) groups is 2. The van der Waals surface area contributed by atoms with E-state index in [0.717, 1.165) is 19.4 Å². The van der Waals surface area contributed by atoms with Crippen LogP contribution in [0.2, 0.25) is 0 Å². The van der Waals surface area contributed by atoms with Crippen LogP contribution in [0.1, 0.15) is 33.1 Å². The third-order valence-corrected chi connectivity index (χ3v) is 1.92. The Balaban J connectivity index is 3.84. The molecule has 0 saturated heterocycles. The SMILES string of the molecule is CCCNCC(=O)N[C@H](CCC)C(=O)O. The Kier molecular flexibility index (Phi) is 7.62. The Bertz CT molecular complexity index is 207. The van der Waals surface area contributed by atoms with Gasteiger partial charge in [0.1, 0.15) is 6.04 Å². The number of carbonyl (C=O) groups excluding carboxylic acids is 1. The summed E-state index contributed by atoms with van der Waals surface area (Å²) in [5.41, 5.74) is 0. The summed E-state index contributed by atoms with van der Waals surface area (Å²) in [6, 6.07) is -0.758. The first kappa shape index (κ1) is 13.9. The number of amides is 1. The van der Waals surface area contributed by atoms with Crippen molar-refractivity contribution in [1.29, 1.82) is 0 Å². The molecule has 0 radical (unpaired) electrons. The Labute approximate surface area is 90.2 Å². The van der Waals surface area contributed by atoms with Gasteiger partial charge in [0.25, 0.3) is 0 Å². The highest BCUT2D eigenvalue weighted by Gasteiger charge is 2.17. The molecule has 3 N–H and O–H groups in total. The van der Waals surface area contributed by atoms with Gasteiger partial charge < -0.3 is 15.7 Å². The molecule has 1 amide bonds. The number of hydrogen-bond donors (Lipinski definition) is 3. The zero-order valence-corrected chi connectivity index (χ0v) is 9.38. The maximum Gasteiger partial charge on any atom is 0.326 e. The number of nitrogens with one attached hydrogen (secondary N) is 2. The van der Waals surface area contributed by atoms with Crippen LogP contribution < -0.4 is 10.6 Å². The van der Waals surface area contributed by atoms with E-state index >= 15 is 0 Å². The zero-order valence-electron chi connectivity index (χ0n) is 9.38. The second kappa shape index (κ2) is 8.23. The predicted molar refractivity (Wildman–Crippen MR) is 57.6 cm³/mol. The summed E-state index contributed by atoms with van der Waals surface area (Å²) in [7, 11) is 0. The summed E-state index contributed by atoms with van der Waals surface area (Å²) in [5, 5.41) is 14.2. The van der Waals surface area contributed by atoms with Gasteiger partial charge in [0.2, 0.25) is 5.91 Å². The van der Waals surface area contributed by atoms with Crippen LogP contribution in [0.15, 0.2) is 0 Å². The molecule has 0 bridgehead atoms. The Hall–Kier alpha value is -1.10. The molecule has 1 atom stereocenters. The molecule has 0 saturated carbocycles. The highest BCUT2D eigenvalue weighted by atomic mass is 16.4. The van der Waals surface area contributed by atoms with Crippen LogP contribution in [-0.2, 0) is 9.59 Å². The molecular weight excluding hydrogens is 196 g/mol. The third-order valence-electron chi connectivity index (χ3n) is 1.92. The van der Waals surface area contributed by atoms with E-state index in [1.54, 1.807) is 0 Å². The standard InChI is InChI=1S/C10H20N2O3/c1-3-5-8(10(14)15)12-9(13)7-11-6-4-2/h8,11H,3-7H2,1-2H3,(H,12,13)(H,14,15)/t8-/m1/s1. The van der Waals surface area contributed by atoms with E-state index in [1.807, 2.05) is 13.8 Å². The third kappa shape index (κ3) is 6.90. The smallest absolute Gasteiger partial charge is 0.326 e. The van der Waals surface area contributed by atoms with Crippen LogP contribution in [-0.4, -0.2) is 36.1 Å². The first-order chi connectivity index (χ1) is 7.11. The van der Waals surface area contributed by atoms with Gasteiger partial charge in [0.05, 0.1) is 6.54 Å². The van der Waals surface area contributed by atoms with Gasteiger partial charge in [0.15, 0.2) is 0 Å². The topological polar surface area (TPSA) is 78.4 Å². The van der Waals surface area contributed by atoms with Crippen molar-refractivity contribution >= 4 is 11.9 Å². The van der Waals surface area contributed by atoms with E-state index in [4.69, 9.17) is 5.11 Å². The predicted octanol–water partition coefficient (Wildman–Crippen LogP) is 0.355. The average molecular weight is 216 g/mol. The Morgan fingerprint density at radius 2 is 1.93 bits per heavy atom. The lowest BCUT2D eigenvalue weighted by atomic mass is 10.1. The number of carboxylic acids is 1. The van der Waals surface area contributed by atoms with Gasteiger partial charge in [-0.3, -0.25) is 4.79 Å². The number of aliphatic carboxylic acids is 1. The summed E-state index contributed by atoms with van der Waals surface area (Å²) in [6.07, 6.45) is 2.15. The molecule has 5 heteroatoms. The van der Waals surface area contributed by atoms with Crippen LogP contribution in [0.5, 0.6) is 0 Å². The first-order valence-electron chi connectivity index (χ1n) is 5.34. The number of rotatable bonds is 8. The molecular formula is C10H20N2O3. The second-order valence-corrected chi connectivity index (χ2v) is 3.42. The Morgan fingerprint density at radius 1 is 1.27 bits per heavy atom. The average Bonchev–Trinajstić information content (AvgIpc) is 2.17. The lowest BCUT2D eigenvalue weighted by Crippen LogP contribution is -2.44. The van der Waals surface area contributed by atoms with Crippen molar-refractivity contribution in [2.75, 3.05) is 13.1 Å². The van der Waals surface area contributed by atoms with E-state index < -0.39 is 12.0 Å². The minimum Gasteiger partial charge on any atom is -0.480 e. The molecule has 0 rings (SSSR count). The quantitative estimate of drug-likeness (QED) is 0.512. The summed E-state index contributed by atoms with van der Waals surface area (Å²) < 4.78 is 0. The van der Waals surface area contributed by atoms with Crippen molar-refractivity contribution in [2.24, 2.45) is 0 Å². The van der Waals surface area contributed by atoms with Crippen LogP contribution in [0.4, 0.5) is 0 Å². The van der Waals surface area contributed by atoms with E-state index in [2.05, 4.69) is 10.6 Å². The number of hydrogen-bond acceptors (Lipinski definition) is 3. The monoisotopic (exact) mass is 216 g/mol. The van der Waals surface area contributed by atoms with E-state index in [-0.39, 0.29) is 12.5 Å². The first-order valence-corrected chi connectivity index (χ1v) is 5.34. The van der Waals surface area contributed by atoms with Crippen molar-refractivity contribution < 1.29 is 14.7 Å². The fourth-order valence-electron chi connectivity index (χ4n) is 1.17. The van der Waals surface area contributed by atoms with Crippen LogP contribution in [0.3, 0.4) is 0 Å². The minimum absolute atomic E-state index is 0.182. The van der Waals surface area contributed by atoms with Gasteiger partial charge in [-0.05, 0) is 19.4 Å². The highest BCUT2D eigenvalue weighted by molar-refractivity contribution is 5.84. The summed E-state index contributed by atoms with van der Waals surface area (Å²) in [4.78, 5) is 22.0. The maximum absolute atomic E-state index is 11.3. The van der Waals surface area contributed by atoms with Crippen LogP contribution in [0, 0.1) is 0 Å². The van der Waals surface area contributed by atoms with Crippen molar-refractivity contribution in [3.8, 4) is 0 Å². The lowest BCUT2D eigenvalue weighted by Gasteiger charge is -2.13. The summed E-state index contributed by atoms with van der Waals surface area (Å²) >= 11 is 0. The molecule has 0 fully saturated rings. The highest BCUT2D eigenvalue weighted by Crippen LogP contribution is 1.96. The van der Waals surface area contributed by atoms with Gasteiger partial charge in [-0.1, -0.05) is 20.3 Å². The van der Waals surface area contributed by atoms with Crippen molar-refractivity contribution in [3.63, 3.8) is 0 Å². The molecule has 0 spiro atoms. The fraction of sp³-hybridized carbons (Fsp3) is 0.800. The van der Waals surface area contributed by atoms with Crippen molar-refractivity contribution in [2.45, 2.75) is 39.2 Å². The van der Waals surface area contributed by atoms with Gasteiger partial charge in [-0.15, -0.1) is 0 Å². The largest absolute Gasteiger partial charge is 0.480 e. The molecule has 0 aromatic carbocycles. The van der Waals surface area contributed by atoms with Gasteiger partial charge in [0, 0.05) is 0 Å².